The Kier molecular flexibility index (Phi) is 6.84. The summed E-state index contributed by atoms with van der Waals surface area (Å²) in [6.45, 7) is 4.48. The maximum atomic E-state index is 12.5. The second kappa shape index (κ2) is 9.52. The van der Waals surface area contributed by atoms with E-state index in [1.165, 1.54) is 10.4 Å². The Morgan fingerprint density at radius 2 is 2.00 bits per heavy atom. The van der Waals surface area contributed by atoms with E-state index in [1.807, 2.05) is 31.2 Å². The summed E-state index contributed by atoms with van der Waals surface area (Å²) in [6, 6.07) is 13.8. The summed E-state index contributed by atoms with van der Waals surface area (Å²) in [5.74, 6) is -0.377. The molecule has 0 radical (unpaired) electrons. The lowest BCUT2D eigenvalue weighted by Crippen LogP contribution is -2.86. The summed E-state index contributed by atoms with van der Waals surface area (Å²) in [6.07, 6.45) is 0.623. The first-order valence-corrected chi connectivity index (χ1v) is 10.4. The molecule has 1 aromatic carbocycles. The average Bonchev–Trinajstić information content (AvgIpc) is 3.23. The van der Waals surface area contributed by atoms with Gasteiger partial charge in [-0.05, 0) is 24.8 Å². The highest BCUT2D eigenvalue weighted by Crippen LogP contribution is 2.23. The SMILES string of the molecule is CCOC(=O)C1=C(C[NH2+][C@@H](c2ccccc2)c2cccs2)NC(=O)N[C@H]1CC. The molecule has 1 aliphatic heterocycles. The Hall–Kier alpha value is -2.64. The van der Waals surface area contributed by atoms with Gasteiger partial charge in [-0.3, -0.25) is 0 Å². The highest BCUT2D eigenvalue weighted by atomic mass is 32.1. The van der Waals surface area contributed by atoms with Gasteiger partial charge in [0.05, 0.1) is 28.8 Å². The number of hydrogen-bond acceptors (Lipinski definition) is 4. The van der Waals surface area contributed by atoms with Crippen molar-refractivity contribution in [1.82, 2.24) is 10.6 Å². The standard InChI is InChI=1S/C21H25N3O3S/c1-3-15-18(20(25)27-4-2)16(24-21(26)23-15)13-22-19(17-11-8-12-28-17)14-9-6-5-7-10-14/h5-12,15,19,22H,3-4,13H2,1-2H3,(H2,23,24,26)/p+1/t15-,19-/m0/s1. The second-order valence-corrected chi connectivity index (χ2v) is 7.49. The highest BCUT2D eigenvalue weighted by Gasteiger charge is 2.33. The number of urea groups is 1. The lowest BCUT2D eigenvalue weighted by Gasteiger charge is -2.28. The van der Waals surface area contributed by atoms with Crippen molar-refractivity contribution < 1.29 is 19.6 Å². The summed E-state index contributed by atoms with van der Waals surface area (Å²) < 4.78 is 5.24. The van der Waals surface area contributed by atoms with E-state index in [-0.39, 0.29) is 24.1 Å². The maximum absolute atomic E-state index is 12.5. The Morgan fingerprint density at radius 1 is 1.21 bits per heavy atom. The molecular formula is C21H26N3O3S+. The Bertz CT molecular complexity index is 834. The lowest BCUT2D eigenvalue weighted by atomic mass is 9.99. The van der Waals surface area contributed by atoms with Crippen molar-refractivity contribution in [2.24, 2.45) is 0 Å². The molecule has 6 nitrogen and oxygen atoms in total. The van der Waals surface area contributed by atoms with Crippen molar-refractivity contribution in [3.05, 3.63) is 69.6 Å². The van der Waals surface area contributed by atoms with Crippen LogP contribution < -0.4 is 16.0 Å². The molecule has 28 heavy (non-hydrogen) atoms. The molecule has 2 amide bonds. The van der Waals surface area contributed by atoms with Crippen molar-refractivity contribution in [1.29, 1.82) is 0 Å². The molecule has 148 valence electrons. The normalized spacial score (nSPS) is 17.6. The zero-order valence-corrected chi connectivity index (χ0v) is 16.9. The van der Waals surface area contributed by atoms with Crippen LogP contribution in [-0.4, -0.2) is 31.2 Å². The van der Waals surface area contributed by atoms with Gasteiger partial charge in [0.2, 0.25) is 0 Å². The first-order chi connectivity index (χ1) is 13.6. The Morgan fingerprint density at radius 3 is 2.64 bits per heavy atom. The number of carbonyl (C=O) groups is 2. The molecule has 3 rings (SSSR count). The molecule has 0 saturated carbocycles. The number of thiophene rings is 1. The van der Waals surface area contributed by atoms with Gasteiger partial charge in [0.1, 0.15) is 12.6 Å². The largest absolute Gasteiger partial charge is 0.463 e. The van der Waals surface area contributed by atoms with Gasteiger partial charge < -0.3 is 20.7 Å². The molecule has 2 heterocycles. The predicted molar refractivity (Wildman–Crippen MR) is 109 cm³/mol. The third-order valence-corrected chi connectivity index (χ3v) is 5.67. The molecule has 1 aliphatic rings. The summed E-state index contributed by atoms with van der Waals surface area (Å²) in [4.78, 5) is 25.9. The highest BCUT2D eigenvalue weighted by molar-refractivity contribution is 7.10. The van der Waals surface area contributed by atoms with Crippen LogP contribution in [0.2, 0.25) is 0 Å². The summed E-state index contributed by atoms with van der Waals surface area (Å²) >= 11 is 1.69. The van der Waals surface area contributed by atoms with Crippen LogP contribution in [0.5, 0.6) is 0 Å². The second-order valence-electron chi connectivity index (χ2n) is 6.52. The van der Waals surface area contributed by atoms with Crippen LogP contribution in [0.15, 0.2) is 59.1 Å². The first-order valence-electron chi connectivity index (χ1n) is 9.53. The van der Waals surface area contributed by atoms with E-state index in [4.69, 9.17) is 4.74 Å². The number of carbonyl (C=O) groups excluding carboxylic acids is 2. The molecule has 0 saturated heterocycles. The van der Waals surface area contributed by atoms with Gasteiger partial charge in [-0.2, -0.15) is 0 Å². The molecular weight excluding hydrogens is 374 g/mol. The lowest BCUT2D eigenvalue weighted by molar-refractivity contribution is -0.680. The molecule has 4 N–H and O–H groups in total. The maximum Gasteiger partial charge on any atom is 0.338 e. The smallest absolute Gasteiger partial charge is 0.338 e. The first kappa shape index (κ1) is 20.1. The minimum atomic E-state index is -0.377. The van der Waals surface area contributed by atoms with Crippen molar-refractivity contribution in [3.63, 3.8) is 0 Å². The number of ether oxygens (including phenoxy) is 1. The van der Waals surface area contributed by atoms with E-state index in [0.717, 1.165) is 0 Å². The van der Waals surface area contributed by atoms with Crippen molar-refractivity contribution in [2.45, 2.75) is 32.4 Å². The molecule has 0 aliphatic carbocycles. The number of quaternary nitrogens is 1. The summed E-state index contributed by atoms with van der Waals surface area (Å²) in [7, 11) is 0. The van der Waals surface area contributed by atoms with Crippen molar-refractivity contribution in [2.75, 3.05) is 13.2 Å². The van der Waals surface area contributed by atoms with Crippen LogP contribution in [0, 0.1) is 0 Å². The fourth-order valence-corrected chi connectivity index (χ4v) is 4.25. The number of amides is 2. The molecule has 0 bridgehead atoms. The van der Waals surface area contributed by atoms with E-state index in [2.05, 4.69) is 39.5 Å². The van der Waals surface area contributed by atoms with E-state index < -0.39 is 0 Å². The monoisotopic (exact) mass is 400 g/mol. The van der Waals surface area contributed by atoms with Gasteiger partial charge in [-0.25, -0.2) is 9.59 Å². The Balaban J connectivity index is 1.89. The number of nitrogens with two attached hydrogens (primary N) is 1. The van der Waals surface area contributed by atoms with Crippen LogP contribution in [0.25, 0.3) is 0 Å². The van der Waals surface area contributed by atoms with Gasteiger partial charge in [0.25, 0.3) is 0 Å². The van der Waals surface area contributed by atoms with Gasteiger partial charge >= 0.3 is 12.0 Å². The molecule has 2 aromatic rings. The fourth-order valence-electron chi connectivity index (χ4n) is 3.40. The Labute approximate surface area is 169 Å². The van der Waals surface area contributed by atoms with Crippen LogP contribution >= 0.6 is 11.3 Å². The molecule has 0 spiro atoms. The van der Waals surface area contributed by atoms with Crippen LogP contribution in [0.4, 0.5) is 4.79 Å². The number of esters is 1. The van der Waals surface area contributed by atoms with Crippen LogP contribution in [-0.2, 0) is 9.53 Å². The minimum absolute atomic E-state index is 0.0870. The van der Waals surface area contributed by atoms with Gasteiger partial charge in [0.15, 0.2) is 0 Å². The zero-order valence-electron chi connectivity index (χ0n) is 16.1. The molecule has 1 aromatic heterocycles. The third kappa shape index (κ3) is 4.61. The number of benzene rings is 1. The minimum Gasteiger partial charge on any atom is -0.463 e. The predicted octanol–water partition coefficient (Wildman–Crippen LogP) is 2.31. The third-order valence-electron chi connectivity index (χ3n) is 4.71. The van der Waals surface area contributed by atoms with Crippen LogP contribution in [0.1, 0.15) is 36.8 Å². The van der Waals surface area contributed by atoms with Crippen molar-refractivity contribution in [3.8, 4) is 0 Å². The number of nitrogens with one attached hydrogen (secondary N) is 2. The van der Waals surface area contributed by atoms with E-state index in [9.17, 15) is 9.59 Å². The fraction of sp³-hybridized carbons (Fsp3) is 0.333. The summed E-state index contributed by atoms with van der Waals surface area (Å²) in [5, 5.41) is 9.84. The van der Waals surface area contributed by atoms with Crippen molar-refractivity contribution >= 4 is 23.3 Å². The molecule has 0 unspecified atom stereocenters. The van der Waals surface area contributed by atoms with E-state index in [0.29, 0.717) is 30.8 Å². The average molecular weight is 401 g/mol. The van der Waals surface area contributed by atoms with Gasteiger partial charge in [-0.15, -0.1) is 11.3 Å². The topological polar surface area (TPSA) is 84.0 Å². The quantitative estimate of drug-likeness (QED) is 0.595. The van der Waals surface area contributed by atoms with Gasteiger partial charge in [-0.1, -0.05) is 43.3 Å². The van der Waals surface area contributed by atoms with E-state index in [1.54, 1.807) is 18.3 Å². The molecule has 0 fully saturated rings. The molecule has 2 atom stereocenters. The van der Waals surface area contributed by atoms with Gasteiger partial charge in [0, 0.05) is 5.56 Å². The van der Waals surface area contributed by atoms with E-state index >= 15 is 0 Å². The zero-order chi connectivity index (χ0) is 19.9. The number of rotatable bonds is 8. The van der Waals surface area contributed by atoms with Crippen LogP contribution in [0.3, 0.4) is 0 Å². The number of hydrogen-bond donors (Lipinski definition) is 3. The molecule has 7 heteroatoms. The summed E-state index contributed by atoms with van der Waals surface area (Å²) in [5.41, 5.74) is 2.31.